The molecule has 8 nitrogen and oxygen atoms in total. The van der Waals surface area contributed by atoms with Gasteiger partial charge in [-0.25, -0.2) is 4.68 Å². The molecule has 0 aromatic carbocycles. The van der Waals surface area contributed by atoms with Gasteiger partial charge in [-0.05, 0) is 20.3 Å². The zero-order valence-electron chi connectivity index (χ0n) is 13.7. The van der Waals surface area contributed by atoms with E-state index in [4.69, 9.17) is 4.74 Å². The van der Waals surface area contributed by atoms with Crippen LogP contribution in [0.25, 0.3) is 0 Å². The van der Waals surface area contributed by atoms with Crippen LogP contribution in [0.5, 0.6) is 0 Å². The Morgan fingerprint density at radius 3 is 3.04 bits per heavy atom. The lowest BCUT2D eigenvalue weighted by Gasteiger charge is -2.41. The Labute approximate surface area is 138 Å². The van der Waals surface area contributed by atoms with Crippen molar-refractivity contribution in [2.75, 3.05) is 13.1 Å². The van der Waals surface area contributed by atoms with Crippen LogP contribution >= 0.6 is 0 Å². The van der Waals surface area contributed by atoms with Gasteiger partial charge in [0, 0.05) is 30.5 Å². The van der Waals surface area contributed by atoms with Gasteiger partial charge in [0.05, 0.1) is 30.6 Å². The number of amides is 1. The summed E-state index contributed by atoms with van der Waals surface area (Å²) < 4.78 is 7.70. The standard InChI is InChI=1S/C16H19N5O3/c1-9-5-13(22)15(10(2)18-9)16(23)20-4-3-14-12(7-20)21-11(8-24-14)6-17-19-21/h5-6,12,14H,3-4,7-8H2,1-2H3,(H,18,22)/t12-,14-/m0/s1. The van der Waals surface area contributed by atoms with Gasteiger partial charge in [0.2, 0.25) is 0 Å². The van der Waals surface area contributed by atoms with E-state index in [0.717, 1.165) is 17.8 Å². The molecule has 0 saturated carbocycles. The van der Waals surface area contributed by atoms with Crippen molar-refractivity contribution in [3.05, 3.63) is 45.1 Å². The van der Waals surface area contributed by atoms with Crippen LogP contribution in [0, 0.1) is 13.8 Å². The molecule has 1 saturated heterocycles. The SMILES string of the molecule is Cc1cc(=O)c(C(=O)N2CC[C@@H]3OCc4cnnn4[C@H]3C2)c(C)[nH]1. The number of nitrogens with zero attached hydrogens (tertiary/aromatic N) is 4. The van der Waals surface area contributed by atoms with Crippen molar-refractivity contribution in [2.24, 2.45) is 0 Å². The topological polar surface area (TPSA) is 93.1 Å². The number of aromatic amines is 1. The number of carbonyl (C=O) groups excluding carboxylic acids is 1. The van der Waals surface area contributed by atoms with Crippen LogP contribution in [0.4, 0.5) is 0 Å². The lowest BCUT2D eigenvalue weighted by molar-refractivity contribution is -0.0605. The molecule has 0 spiro atoms. The minimum atomic E-state index is -0.239. The monoisotopic (exact) mass is 329 g/mol. The molecule has 0 aliphatic carbocycles. The number of carbonyl (C=O) groups is 1. The number of H-pyrrole nitrogens is 1. The maximum atomic E-state index is 12.9. The summed E-state index contributed by atoms with van der Waals surface area (Å²) in [5.74, 6) is -0.237. The smallest absolute Gasteiger partial charge is 0.259 e. The number of pyridine rings is 1. The second kappa shape index (κ2) is 5.55. The average molecular weight is 329 g/mol. The highest BCUT2D eigenvalue weighted by atomic mass is 16.5. The van der Waals surface area contributed by atoms with Crippen LogP contribution in [0.15, 0.2) is 17.1 Å². The number of likely N-dealkylation sites (tertiary alicyclic amines) is 1. The molecule has 4 heterocycles. The first-order valence-electron chi connectivity index (χ1n) is 8.05. The van der Waals surface area contributed by atoms with Crippen molar-refractivity contribution in [1.82, 2.24) is 24.9 Å². The molecular weight excluding hydrogens is 310 g/mol. The molecular formula is C16H19N5O3. The van der Waals surface area contributed by atoms with E-state index >= 15 is 0 Å². The first-order valence-corrected chi connectivity index (χ1v) is 8.05. The van der Waals surface area contributed by atoms with Gasteiger partial charge in [-0.15, -0.1) is 5.10 Å². The number of aryl methyl sites for hydroxylation is 2. The summed E-state index contributed by atoms with van der Waals surface area (Å²) in [7, 11) is 0. The Hall–Kier alpha value is -2.48. The molecule has 0 bridgehead atoms. The van der Waals surface area contributed by atoms with E-state index in [1.807, 2.05) is 4.68 Å². The summed E-state index contributed by atoms with van der Waals surface area (Å²) in [6, 6.07) is 1.41. The fraction of sp³-hybridized carbons (Fsp3) is 0.500. The molecule has 4 rings (SSSR count). The van der Waals surface area contributed by atoms with E-state index in [0.29, 0.717) is 25.4 Å². The second-order valence-electron chi connectivity index (χ2n) is 6.44. The number of hydrogen-bond acceptors (Lipinski definition) is 5. The second-order valence-corrected chi connectivity index (χ2v) is 6.44. The third-order valence-corrected chi connectivity index (χ3v) is 4.78. The van der Waals surface area contributed by atoms with E-state index in [1.165, 1.54) is 6.07 Å². The Kier molecular flexibility index (Phi) is 3.49. The van der Waals surface area contributed by atoms with Gasteiger partial charge in [0.25, 0.3) is 5.91 Å². The van der Waals surface area contributed by atoms with Crippen LogP contribution in [0.2, 0.25) is 0 Å². The predicted octanol–water partition coefficient (Wildman–Crippen LogP) is 0.569. The molecule has 24 heavy (non-hydrogen) atoms. The molecule has 8 heteroatoms. The molecule has 126 valence electrons. The summed E-state index contributed by atoms with van der Waals surface area (Å²) in [5, 5.41) is 8.07. The third kappa shape index (κ3) is 2.34. The van der Waals surface area contributed by atoms with Crippen molar-refractivity contribution in [3.63, 3.8) is 0 Å². The molecule has 2 aromatic rings. The minimum absolute atomic E-state index is 0.0284. The van der Waals surface area contributed by atoms with Crippen molar-refractivity contribution in [2.45, 2.75) is 39.0 Å². The van der Waals surface area contributed by atoms with E-state index in [2.05, 4.69) is 15.3 Å². The molecule has 0 unspecified atom stereocenters. The first kappa shape index (κ1) is 15.1. The quantitative estimate of drug-likeness (QED) is 0.825. The lowest BCUT2D eigenvalue weighted by Crippen LogP contribution is -2.50. The maximum Gasteiger partial charge on any atom is 0.259 e. The molecule has 0 radical (unpaired) electrons. The number of hydrogen-bond donors (Lipinski definition) is 1. The van der Waals surface area contributed by atoms with Gasteiger partial charge < -0.3 is 14.6 Å². The van der Waals surface area contributed by atoms with Crippen molar-refractivity contribution < 1.29 is 9.53 Å². The molecule has 2 aliphatic heterocycles. The fourth-order valence-electron chi connectivity index (χ4n) is 3.64. The fourth-order valence-corrected chi connectivity index (χ4v) is 3.64. The van der Waals surface area contributed by atoms with Crippen molar-refractivity contribution in [1.29, 1.82) is 0 Å². The molecule has 2 aromatic heterocycles. The van der Waals surface area contributed by atoms with E-state index < -0.39 is 0 Å². The Morgan fingerprint density at radius 2 is 2.25 bits per heavy atom. The van der Waals surface area contributed by atoms with Crippen LogP contribution in [-0.4, -0.2) is 50.0 Å². The zero-order valence-corrected chi connectivity index (χ0v) is 13.7. The number of piperidine rings is 1. The van der Waals surface area contributed by atoms with Crippen molar-refractivity contribution in [3.8, 4) is 0 Å². The zero-order chi connectivity index (χ0) is 16.8. The summed E-state index contributed by atoms with van der Waals surface area (Å²) in [5.41, 5.74) is 2.25. The third-order valence-electron chi connectivity index (χ3n) is 4.78. The van der Waals surface area contributed by atoms with Gasteiger partial charge in [0.1, 0.15) is 5.56 Å². The predicted molar refractivity (Wildman–Crippen MR) is 84.7 cm³/mol. The maximum absolute atomic E-state index is 12.9. The summed E-state index contributed by atoms with van der Waals surface area (Å²) in [6.07, 6.45) is 2.44. The number of fused-ring (bicyclic) bond motifs is 3. The largest absolute Gasteiger partial charge is 0.370 e. The van der Waals surface area contributed by atoms with Crippen LogP contribution in [-0.2, 0) is 11.3 Å². The highest BCUT2D eigenvalue weighted by Crippen LogP contribution is 2.30. The van der Waals surface area contributed by atoms with Gasteiger partial charge in [-0.1, -0.05) is 5.21 Å². The Balaban J connectivity index is 1.63. The van der Waals surface area contributed by atoms with Gasteiger partial charge in [-0.2, -0.15) is 0 Å². The van der Waals surface area contributed by atoms with Gasteiger partial charge in [-0.3, -0.25) is 9.59 Å². The number of rotatable bonds is 1. The van der Waals surface area contributed by atoms with Crippen molar-refractivity contribution >= 4 is 5.91 Å². The van der Waals surface area contributed by atoms with E-state index in [-0.39, 0.29) is 29.0 Å². The molecule has 1 amide bonds. The lowest BCUT2D eigenvalue weighted by atomic mass is 9.99. The first-order chi connectivity index (χ1) is 11.5. The highest BCUT2D eigenvalue weighted by Gasteiger charge is 2.38. The van der Waals surface area contributed by atoms with Crippen LogP contribution in [0.3, 0.4) is 0 Å². The Morgan fingerprint density at radius 1 is 1.42 bits per heavy atom. The molecule has 2 aliphatic rings. The number of aromatic nitrogens is 4. The minimum Gasteiger partial charge on any atom is -0.370 e. The molecule has 2 atom stereocenters. The summed E-state index contributed by atoms with van der Waals surface area (Å²) in [4.78, 5) is 29.9. The normalized spacial score (nSPS) is 22.8. The van der Waals surface area contributed by atoms with E-state index in [1.54, 1.807) is 24.9 Å². The van der Waals surface area contributed by atoms with Crippen LogP contribution < -0.4 is 5.43 Å². The average Bonchev–Trinajstić information content (AvgIpc) is 3.02. The summed E-state index contributed by atoms with van der Waals surface area (Å²) in [6.45, 7) is 5.09. The number of ether oxygens (including phenoxy) is 1. The molecule has 1 fully saturated rings. The Bertz CT molecular complexity index is 856. The van der Waals surface area contributed by atoms with Gasteiger partial charge in [0.15, 0.2) is 5.43 Å². The summed E-state index contributed by atoms with van der Waals surface area (Å²) >= 11 is 0. The molecule has 1 N–H and O–H groups in total. The van der Waals surface area contributed by atoms with Crippen LogP contribution in [0.1, 0.15) is 39.9 Å². The number of nitrogens with one attached hydrogen (secondary N) is 1. The van der Waals surface area contributed by atoms with Gasteiger partial charge >= 0.3 is 0 Å². The highest BCUT2D eigenvalue weighted by molar-refractivity contribution is 5.95. The van der Waals surface area contributed by atoms with E-state index in [9.17, 15) is 9.59 Å².